The van der Waals surface area contributed by atoms with Crippen LogP contribution in [0.3, 0.4) is 0 Å². The van der Waals surface area contributed by atoms with E-state index in [1.54, 1.807) is 37.4 Å². The molecule has 2 aromatic rings. The minimum Gasteiger partial charge on any atom is -0.369 e. The normalized spacial score (nSPS) is 17.6. The lowest BCUT2D eigenvalue weighted by Crippen LogP contribution is -2.45. The molecule has 1 aliphatic rings. The van der Waals surface area contributed by atoms with E-state index in [2.05, 4.69) is 26.6 Å². The van der Waals surface area contributed by atoms with Crippen LogP contribution in [0.15, 0.2) is 64.5 Å². The van der Waals surface area contributed by atoms with Crippen molar-refractivity contribution >= 4 is 33.1 Å². The van der Waals surface area contributed by atoms with Crippen molar-refractivity contribution in [2.24, 2.45) is 4.99 Å². The summed E-state index contributed by atoms with van der Waals surface area (Å²) in [7, 11) is -1.62. The predicted molar refractivity (Wildman–Crippen MR) is 115 cm³/mol. The monoisotopic (exact) mass is 420 g/mol. The summed E-state index contributed by atoms with van der Waals surface area (Å²) in [6.07, 6.45) is 0.968. The van der Waals surface area contributed by atoms with E-state index >= 15 is 0 Å². The molecule has 1 atom stereocenters. The van der Waals surface area contributed by atoms with Gasteiger partial charge in [0, 0.05) is 43.4 Å². The Bertz CT molecular complexity index is 919. The molecule has 150 valence electrons. The van der Waals surface area contributed by atoms with E-state index in [1.165, 1.54) is 0 Å². The molecule has 0 radical (unpaired) electrons. The Morgan fingerprint density at radius 3 is 2.71 bits per heavy atom. The zero-order valence-corrected chi connectivity index (χ0v) is 17.4. The fourth-order valence-electron chi connectivity index (χ4n) is 3.22. The number of halogens is 1. The molecule has 2 N–H and O–H groups in total. The van der Waals surface area contributed by atoms with Gasteiger partial charge in [-0.1, -0.05) is 35.9 Å². The molecule has 28 heavy (non-hydrogen) atoms. The first-order valence-electron chi connectivity index (χ1n) is 9.23. The van der Waals surface area contributed by atoms with Crippen molar-refractivity contribution in [2.45, 2.75) is 17.4 Å². The molecule has 0 aromatic heterocycles. The Hall–Kier alpha value is -2.25. The summed E-state index contributed by atoms with van der Waals surface area (Å²) in [6.45, 7) is 2.06. The van der Waals surface area contributed by atoms with Gasteiger partial charge in [-0.15, -0.1) is 0 Å². The molecule has 1 saturated heterocycles. The standard InChI is InChI=1S/C20H25ClN4O2S/c1-22-20(23-11-13-28(26,27)19-8-3-2-4-9-19)24-17-10-12-25(15-17)18-7-5-6-16(21)14-18/h2-9,14,17H,10-13,15H2,1H3,(H2,22,23,24). The second-order valence-corrected chi connectivity index (χ2v) is 9.23. The van der Waals surface area contributed by atoms with Crippen LogP contribution in [0, 0.1) is 0 Å². The summed E-state index contributed by atoms with van der Waals surface area (Å²) in [4.78, 5) is 6.83. The van der Waals surface area contributed by atoms with Gasteiger partial charge in [-0.25, -0.2) is 8.42 Å². The zero-order chi connectivity index (χ0) is 20.0. The largest absolute Gasteiger partial charge is 0.369 e. The van der Waals surface area contributed by atoms with E-state index in [-0.39, 0.29) is 11.8 Å². The number of nitrogens with zero attached hydrogens (tertiary/aromatic N) is 2. The van der Waals surface area contributed by atoms with E-state index in [0.717, 1.165) is 30.2 Å². The Balaban J connectivity index is 1.49. The predicted octanol–water partition coefficient (Wildman–Crippen LogP) is 2.56. The molecule has 1 unspecified atom stereocenters. The molecule has 0 saturated carbocycles. The Labute approximate surface area is 171 Å². The van der Waals surface area contributed by atoms with Crippen LogP contribution in [0.2, 0.25) is 5.02 Å². The number of hydrogen-bond acceptors (Lipinski definition) is 4. The van der Waals surface area contributed by atoms with Crippen molar-refractivity contribution in [3.05, 3.63) is 59.6 Å². The zero-order valence-electron chi connectivity index (χ0n) is 15.8. The molecule has 0 aliphatic carbocycles. The lowest BCUT2D eigenvalue weighted by Gasteiger charge is -2.20. The van der Waals surface area contributed by atoms with Crippen LogP contribution in [-0.4, -0.2) is 52.9 Å². The quantitative estimate of drug-likeness (QED) is 0.555. The molecule has 0 amide bonds. The van der Waals surface area contributed by atoms with Crippen LogP contribution in [-0.2, 0) is 9.84 Å². The maximum atomic E-state index is 12.4. The number of hydrogen-bond donors (Lipinski definition) is 2. The third kappa shape index (κ3) is 5.39. The van der Waals surface area contributed by atoms with Gasteiger partial charge < -0.3 is 15.5 Å². The molecule has 2 aromatic carbocycles. The van der Waals surface area contributed by atoms with Crippen molar-refractivity contribution in [3.63, 3.8) is 0 Å². The van der Waals surface area contributed by atoms with Crippen molar-refractivity contribution in [1.82, 2.24) is 10.6 Å². The molecule has 0 spiro atoms. The van der Waals surface area contributed by atoms with Crippen LogP contribution >= 0.6 is 11.6 Å². The van der Waals surface area contributed by atoms with Crippen LogP contribution in [0.25, 0.3) is 0 Å². The number of benzene rings is 2. The fourth-order valence-corrected chi connectivity index (χ4v) is 4.59. The minimum absolute atomic E-state index is 0.0109. The molecule has 6 nitrogen and oxygen atoms in total. The molecular weight excluding hydrogens is 396 g/mol. The highest BCUT2D eigenvalue weighted by Gasteiger charge is 2.23. The van der Waals surface area contributed by atoms with E-state index < -0.39 is 9.84 Å². The van der Waals surface area contributed by atoms with Crippen molar-refractivity contribution in [2.75, 3.05) is 37.3 Å². The highest BCUT2D eigenvalue weighted by atomic mass is 35.5. The second kappa shape index (κ2) is 9.30. The Kier molecular flexibility index (Phi) is 6.80. The maximum Gasteiger partial charge on any atom is 0.191 e. The number of aliphatic imine (C=N–C) groups is 1. The summed E-state index contributed by atoms with van der Waals surface area (Å²) < 4.78 is 24.7. The van der Waals surface area contributed by atoms with Gasteiger partial charge >= 0.3 is 0 Å². The van der Waals surface area contributed by atoms with E-state index in [4.69, 9.17) is 11.6 Å². The van der Waals surface area contributed by atoms with Crippen LogP contribution in [0.4, 0.5) is 5.69 Å². The van der Waals surface area contributed by atoms with Gasteiger partial charge in [-0.3, -0.25) is 4.99 Å². The topological polar surface area (TPSA) is 73.8 Å². The maximum absolute atomic E-state index is 12.4. The van der Waals surface area contributed by atoms with Gasteiger partial charge in [0.15, 0.2) is 15.8 Å². The lowest BCUT2D eigenvalue weighted by molar-refractivity contribution is 0.594. The molecule has 1 fully saturated rings. The number of guanidine groups is 1. The lowest BCUT2D eigenvalue weighted by atomic mass is 10.3. The molecule has 1 aliphatic heterocycles. The Morgan fingerprint density at radius 1 is 1.21 bits per heavy atom. The summed E-state index contributed by atoms with van der Waals surface area (Å²) >= 11 is 6.08. The third-order valence-electron chi connectivity index (χ3n) is 4.69. The summed E-state index contributed by atoms with van der Waals surface area (Å²) in [5, 5.41) is 7.21. The van der Waals surface area contributed by atoms with Gasteiger partial charge in [0.2, 0.25) is 0 Å². The second-order valence-electron chi connectivity index (χ2n) is 6.69. The van der Waals surface area contributed by atoms with Gasteiger partial charge in [0.05, 0.1) is 10.6 Å². The van der Waals surface area contributed by atoms with E-state index in [9.17, 15) is 8.42 Å². The molecular formula is C20H25ClN4O2S. The highest BCUT2D eigenvalue weighted by molar-refractivity contribution is 7.91. The van der Waals surface area contributed by atoms with Crippen molar-refractivity contribution in [1.29, 1.82) is 0 Å². The molecule has 8 heteroatoms. The fraction of sp³-hybridized carbons (Fsp3) is 0.350. The first-order valence-corrected chi connectivity index (χ1v) is 11.3. The average molecular weight is 421 g/mol. The highest BCUT2D eigenvalue weighted by Crippen LogP contribution is 2.23. The number of rotatable bonds is 6. The van der Waals surface area contributed by atoms with E-state index in [0.29, 0.717) is 17.4 Å². The SMILES string of the molecule is CN=C(NCCS(=O)(=O)c1ccccc1)NC1CCN(c2cccc(Cl)c2)C1. The summed E-state index contributed by atoms with van der Waals surface area (Å²) in [6, 6.07) is 16.6. The summed E-state index contributed by atoms with van der Waals surface area (Å²) in [5.74, 6) is 0.623. The minimum atomic E-state index is -3.31. The number of nitrogens with one attached hydrogen (secondary N) is 2. The first kappa shape index (κ1) is 20.5. The smallest absolute Gasteiger partial charge is 0.191 e. The van der Waals surface area contributed by atoms with Crippen molar-refractivity contribution < 1.29 is 8.42 Å². The van der Waals surface area contributed by atoms with E-state index in [1.807, 2.05) is 18.2 Å². The Morgan fingerprint density at radius 2 is 2.00 bits per heavy atom. The van der Waals surface area contributed by atoms with Gasteiger partial charge in [0.25, 0.3) is 0 Å². The third-order valence-corrected chi connectivity index (χ3v) is 6.66. The number of anilines is 1. The van der Waals surface area contributed by atoms with Gasteiger partial charge in [-0.05, 0) is 36.8 Å². The molecule has 3 rings (SSSR count). The van der Waals surface area contributed by atoms with Crippen molar-refractivity contribution in [3.8, 4) is 0 Å². The first-order chi connectivity index (χ1) is 13.5. The van der Waals surface area contributed by atoms with Crippen LogP contribution in [0.5, 0.6) is 0 Å². The van der Waals surface area contributed by atoms with Crippen LogP contribution < -0.4 is 15.5 Å². The number of sulfone groups is 1. The van der Waals surface area contributed by atoms with Crippen LogP contribution in [0.1, 0.15) is 6.42 Å². The average Bonchev–Trinajstić information content (AvgIpc) is 3.16. The van der Waals surface area contributed by atoms with Gasteiger partial charge in [-0.2, -0.15) is 0 Å². The molecule has 1 heterocycles. The van der Waals surface area contributed by atoms with Gasteiger partial charge in [0.1, 0.15) is 0 Å². The summed E-state index contributed by atoms with van der Waals surface area (Å²) in [5.41, 5.74) is 1.11. The molecule has 0 bridgehead atoms.